The average Bonchev–Trinajstić information content (AvgIpc) is 2.15. The van der Waals surface area contributed by atoms with Crippen LogP contribution < -0.4 is 10.6 Å². The molecule has 2 amide bonds. The fourth-order valence-electron chi connectivity index (χ4n) is 1.77. The molecule has 1 aliphatic heterocycles. The lowest BCUT2D eigenvalue weighted by molar-refractivity contribution is -0.136. The molecule has 1 rings (SSSR count). The largest absolute Gasteiger partial charge is 0.345 e. The predicted molar refractivity (Wildman–Crippen MR) is 57.3 cm³/mol. The zero-order valence-electron chi connectivity index (χ0n) is 9.54. The van der Waals surface area contributed by atoms with Crippen molar-refractivity contribution in [2.75, 3.05) is 19.6 Å². The van der Waals surface area contributed by atoms with Crippen molar-refractivity contribution in [1.82, 2.24) is 15.5 Å². The minimum atomic E-state index is -0.423. The van der Waals surface area contributed by atoms with Gasteiger partial charge < -0.3 is 15.5 Å². The number of hydrogen-bond donors (Lipinski definition) is 2. The van der Waals surface area contributed by atoms with Gasteiger partial charge in [-0.15, -0.1) is 0 Å². The Morgan fingerprint density at radius 3 is 2.73 bits per heavy atom. The van der Waals surface area contributed by atoms with E-state index in [-0.39, 0.29) is 11.8 Å². The highest BCUT2D eigenvalue weighted by Crippen LogP contribution is 2.01. The van der Waals surface area contributed by atoms with E-state index < -0.39 is 6.04 Å². The summed E-state index contributed by atoms with van der Waals surface area (Å²) in [6, 6.07) is -0.0972. The topological polar surface area (TPSA) is 61.4 Å². The fourth-order valence-corrected chi connectivity index (χ4v) is 1.77. The van der Waals surface area contributed by atoms with Crippen molar-refractivity contribution in [3.05, 3.63) is 0 Å². The van der Waals surface area contributed by atoms with Crippen LogP contribution in [0.4, 0.5) is 0 Å². The van der Waals surface area contributed by atoms with Crippen molar-refractivity contribution in [2.24, 2.45) is 0 Å². The van der Waals surface area contributed by atoms with Crippen LogP contribution in [0.3, 0.4) is 0 Å². The maximum atomic E-state index is 11.9. The Labute approximate surface area is 90.2 Å². The van der Waals surface area contributed by atoms with Crippen molar-refractivity contribution in [2.45, 2.75) is 32.9 Å². The van der Waals surface area contributed by atoms with Crippen molar-refractivity contribution in [1.29, 1.82) is 0 Å². The smallest absolute Gasteiger partial charge is 0.244 e. The summed E-state index contributed by atoms with van der Waals surface area (Å²) < 4.78 is 0. The number of piperazine rings is 1. The van der Waals surface area contributed by atoms with E-state index in [1.165, 1.54) is 6.92 Å². The molecule has 1 unspecified atom stereocenters. The molecule has 0 spiro atoms. The minimum Gasteiger partial charge on any atom is -0.345 e. The molecule has 0 aromatic rings. The predicted octanol–water partition coefficient (Wildman–Crippen LogP) is -0.669. The summed E-state index contributed by atoms with van der Waals surface area (Å²) >= 11 is 0. The summed E-state index contributed by atoms with van der Waals surface area (Å²) in [4.78, 5) is 24.5. The third kappa shape index (κ3) is 3.51. The van der Waals surface area contributed by atoms with Crippen LogP contribution in [0.1, 0.15) is 20.8 Å². The summed E-state index contributed by atoms with van der Waals surface area (Å²) in [5, 5.41) is 5.87. The lowest BCUT2D eigenvalue weighted by Crippen LogP contribution is -2.55. The number of hydrogen-bond acceptors (Lipinski definition) is 3. The van der Waals surface area contributed by atoms with Crippen molar-refractivity contribution < 1.29 is 9.59 Å². The minimum absolute atomic E-state index is 0.00134. The first-order chi connectivity index (χ1) is 7.00. The molecule has 0 aliphatic carbocycles. The molecular formula is C10H19N3O2. The molecule has 86 valence electrons. The van der Waals surface area contributed by atoms with Crippen LogP contribution in [0.2, 0.25) is 0 Å². The molecule has 0 bridgehead atoms. The molecule has 1 aliphatic rings. The van der Waals surface area contributed by atoms with Gasteiger partial charge in [-0.05, 0) is 13.8 Å². The summed E-state index contributed by atoms with van der Waals surface area (Å²) in [6.07, 6.45) is 0. The van der Waals surface area contributed by atoms with Gasteiger partial charge in [0.05, 0.1) is 0 Å². The van der Waals surface area contributed by atoms with E-state index in [0.717, 1.165) is 6.54 Å². The molecule has 2 atom stereocenters. The first-order valence-electron chi connectivity index (χ1n) is 5.30. The number of carbonyl (C=O) groups excluding carboxylic acids is 2. The Kier molecular flexibility index (Phi) is 4.08. The monoisotopic (exact) mass is 213 g/mol. The van der Waals surface area contributed by atoms with Gasteiger partial charge in [0.1, 0.15) is 6.04 Å². The molecule has 0 aromatic heterocycles. The molecule has 5 heteroatoms. The lowest BCUT2D eigenvalue weighted by atomic mass is 10.2. The van der Waals surface area contributed by atoms with Crippen LogP contribution in [0.5, 0.6) is 0 Å². The Balaban J connectivity index is 2.47. The molecule has 5 nitrogen and oxygen atoms in total. The molecule has 1 fully saturated rings. The third-order valence-electron chi connectivity index (χ3n) is 2.47. The average molecular weight is 213 g/mol. The molecule has 15 heavy (non-hydrogen) atoms. The van der Waals surface area contributed by atoms with Gasteiger partial charge in [0, 0.05) is 32.6 Å². The van der Waals surface area contributed by atoms with Crippen LogP contribution in [0, 0.1) is 0 Å². The first-order valence-corrected chi connectivity index (χ1v) is 5.30. The van der Waals surface area contributed by atoms with E-state index in [2.05, 4.69) is 10.6 Å². The Hall–Kier alpha value is -1.10. The number of amides is 2. The zero-order valence-corrected chi connectivity index (χ0v) is 9.54. The standard InChI is InChI=1S/C10H19N3O2/c1-7-6-13(5-4-11-7)10(15)8(2)12-9(3)14/h7-8,11H,4-6H2,1-3H3,(H,12,14)/t7-,8?/m1/s1. The van der Waals surface area contributed by atoms with Gasteiger partial charge in [-0.1, -0.05) is 0 Å². The molecule has 1 saturated heterocycles. The number of carbonyl (C=O) groups is 2. The van der Waals surface area contributed by atoms with Crippen LogP contribution >= 0.6 is 0 Å². The molecule has 0 aromatic carbocycles. The summed E-state index contributed by atoms with van der Waals surface area (Å²) in [6.45, 7) is 7.43. The lowest BCUT2D eigenvalue weighted by Gasteiger charge is -2.33. The highest BCUT2D eigenvalue weighted by molar-refractivity contribution is 5.86. The quantitative estimate of drug-likeness (QED) is 0.639. The van der Waals surface area contributed by atoms with Crippen LogP contribution in [0.15, 0.2) is 0 Å². The number of nitrogens with one attached hydrogen (secondary N) is 2. The van der Waals surface area contributed by atoms with Crippen LogP contribution in [0.25, 0.3) is 0 Å². The van der Waals surface area contributed by atoms with E-state index in [1.54, 1.807) is 11.8 Å². The van der Waals surface area contributed by atoms with Gasteiger partial charge in [0.15, 0.2) is 0 Å². The molecule has 0 radical (unpaired) electrons. The highest BCUT2D eigenvalue weighted by Gasteiger charge is 2.24. The Morgan fingerprint density at radius 1 is 1.53 bits per heavy atom. The fraction of sp³-hybridized carbons (Fsp3) is 0.800. The van der Waals surface area contributed by atoms with Gasteiger partial charge in [-0.25, -0.2) is 0 Å². The molecule has 1 heterocycles. The second-order valence-corrected chi connectivity index (χ2v) is 4.06. The summed E-state index contributed by atoms with van der Waals surface area (Å²) in [7, 11) is 0. The normalized spacial score (nSPS) is 23.4. The van der Waals surface area contributed by atoms with Gasteiger partial charge >= 0.3 is 0 Å². The van der Waals surface area contributed by atoms with Gasteiger partial charge in [-0.2, -0.15) is 0 Å². The Morgan fingerprint density at radius 2 is 2.20 bits per heavy atom. The van der Waals surface area contributed by atoms with E-state index in [9.17, 15) is 9.59 Å². The summed E-state index contributed by atoms with van der Waals surface area (Å²) in [5.74, 6) is -0.169. The Bertz CT molecular complexity index is 255. The van der Waals surface area contributed by atoms with E-state index in [0.29, 0.717) is 19.1 Å². The van der Waals surface area contributed by atoms with Crippen molar-refractivity contribution >= 4 is 11.8 Å². The summed E-state index contributed by atoms with van der Waals surface area (Å²) in [5.41, 5.74) is 0. The van der Waals surface area contributed by atoms with Crippen molar-refractivity contribution in [3.8, 4) is 0 Å². The third-order valence-corrected chi connectivity index (χ3v) is 2.47. The van der Waals surface area contributed by atoms with E-state index in [4.69, 9.17) is 0 Å². The second kappa shape index (κ2) is 5.11. The molecular weight excluding hydrogens is 194 g/mol. The van der Waals surface area contributed by atoms with E-state index >= 15 is 0 Å². The van der Waals surface area contributed by atoms with Crippen LogP contribution in [-0.2, 0) is 9.59 Å². The second-order valence-electron chi connectivity index (χ2n) is 4.06. The first kappa shape index (κ1) is 12.0. The van der Waals surface area contributed by atoms with Gasteiger partial charge in [-0.3, -0.25) is 9.59 Å². The van der Waals surface area contributed by atoms with Crippen LogP contribution in [-0.4, -0.2) is 48.4 Å². The van der Waals surface area contributed by atoms with Crippen molar-refractivity contribution in [3.63, 3.8) is 0 Å². The maximum absolute atomic E-state index is 11.9. The zero-order chi connectivity index (χ0) is 11.4. The molecule has 0 saturated carbocycles. The number of nitrogens with zero attached hydrogens (tertiary/aromatic N) is 1. The number of rotatable bonds is 2. The van der Waals surface area contributed by atoms with Gasteiger partial charge in [0.2, 0.25) is 11.8 Å². The molecule has 2 N–H and O–H groups in total. The van der Waals surface area contributed by atoms with Gasteiger partial charge in [0.25, 0.3) is 0 Å². The highest BCUT2D eigenvalue weighted by atomic mass is 16.2. The maximum Gasteiger partial charge on any atom is 0.244 e. The SMILES string of the molecule is CC(=O)NC(C)C(=O)N1CCN[C@H](C)C1. The van der Waals surface area contributed by atoms with E-state index in [1.807, 2.05) is 6.92 Å².